The van der Waals surface area contributed by atoms with E-state index in [1.165, 1.54) is 6.08 Å². The number of nitrogens with zero attached hydrogens (tertiary/aromatic N) is 3. The quantitative estimate of drug-likeness (QED) is 0.512. The highest BCUT2D eigenvalue weighted by Crippen LogP contribution is 2.37. The van der Waals surface area contributed by atoms with Gasteiger partial charge in [0.15, 0.2) is 5.76 Å². The van der Waals surface area contributed by atoms with Crippen molar-refractivity contribution >= 4 is 39.7 Å². The molecule has 2 aromatic heterocycles. The molecule has 0 saturated heterocycles. The lowest BCUT2D eigenvalue weighted by molar-refractivity contribution is -0.114. The first-order valence-corrected chi connectivity index (χ1v) is 9.79. The fourth-order valence-corrected chi connectivity index (χ4v) is 3.71. The summed E-state index contributed by atoms with van der Waals surface area (Å²) in [5, 5.41) is 7.64. The molecular weight excluding hydrogens is 392 g/mol. The Labute approximate surface area is 178 Å². The number of fused-ring (bicyclic) bond motifs is 2. The third-order valence-electron chi connectivity index (χ3n) is 5.10. The summed E-state index contributed by atoms with van der Waals surface area (Å²) in [6.45, 7) is 2.07. The van der Waals surface area contributed by atoms with Crippen molar-refractivity contribution in [2.24, 2.45) is 0 Å². The van der Waals surface area contributed by atoms with Gasteiger partial charge in [0.25, 0.3) is 5.91 Å². The number of carbonyl (C=O) groups excluding carboxylic acids is 2. The van der Waals surface area contributed by atoms with Gasteiger partial charge < -0.3 is 14.7 Å². The number of para-hydroxylation sites is 1. The first-order valence-electron chi connectivity index (χ1n) is 9.79. The van der Waals surface area contributed by atoms with E-state index in [0.29, 0.717) is 22.6 Å². The third kappa shape index (κ3) is 3.57. The molecule has 1 aliphatic rings. The maximum Gasteiger partial charge on any atom is 0.259 e. The van der Waals surface area contributed by atoms with Crippen LogP contribution in [-0.2, 0) is 16.1 Å². The lowest BCUT2D eigenvalue weighted by Crippen LogP contribution is -2.25. The molecule has 0 bridgehead atoms. The predicted octanol–water partition coefficient (Wildman–Crippen LogP) is 4.10. The lowest BCUT2D eigenvalue weighted by Gasteiger charge is -2.14. The molecule has 0 spiro atoms. The first-order chi connectivity index (χ1) is 15.1. The summed E-state index contributed by atoms with van der Waals surface area (Å²) in [6, 6.07) is 18.4. The van der Waals surface area contributed by atoms with E-state index in [2.05, 4.69) is 15.5 Å². The fraction of sp³-hybridized carbons (Fsp3) is 0.0833. The van der Waals surface area contributed by atoms with Crippen molar-refractivity contribution in [2.45, 2.75) is 13.5 Å². The van der Waals surface area contributed by atoms with Crippen LogP contribution in [-0.4, -0.2) is 22.0 Å². The second-order valence-electron chi connectivity index (χ2n) is 7.30. The van der Waals surface area contributed by atoms with Crippen LogP contribution in [0.5, 0.6) is 0 Å². The Morgan fingerprint density at radius 2 is 2.00 bits per heavy atom. The molecule has 0 saturated carbocycles. The van der Waals surface area contributed by atoms with Gasteiger partial charge in [-0.3, -0.25) is 14.6 Å². The Bertz CT molecular complexity index is 1360. The van der Waals surface area contributed by atoms with Gasteiger partial charge in [-0.1, -0.05) is 29.4 Å². The summed E-state index contributed by atoms with van der Waals surface area (Å²) in [7, 11) is 0. The average molecular weight is 410 g/mol. The molecule has 5 rings (SSSR count). The van der Waals surface area contributed by atoms with E-state index in [9.17, 15) is 9.59 Å². The number of amides is 2. The molecule has 152 valence electrons. The summed E-state index contributed by atoms with van der Waals surface area (Å²) in [5.74, 6) is -0.0528. The maximum absolute atomic E-state index is 13.1. The van der Waals surface area contributed by atoms with Crippen LogP contribution in [0.2, 0.25) is 0 Å². The third-order valence-corrected chi connectivity index (χ3v) is 5.10. The summed E-state index contributed by atoms with van der Waals surface area (Å²) in [5.41, 5.74) is 4.01. The minimum absolute atomic E-state index is 0.243. The highest BCUT2D eigenvalue weighted by atomic mass is 16.5. The van der Waals surface area contributed by atoms with E-state index >= 15 is 0 Å². The molecule has 2 amide bonds. The minimum atomic E-state index is -0.376. The average Bonchev–Trinajstić information content (AvgIpc) is 3.30. The molecule has 2 aromatic carbocycles. The number of benzene rings is 2. The minimum Gasteiger partial charge on any atom is -0.359 e. The number of nitrogens with one attached hydrogen (secondary N) is 1. The number of aromatic nitrogens is 2. The number of hydrogen-bond acceptors (Lipinski definition) is 5. The topological polar surface area (TPSA) is 88.3 Å². The van der Waals surface area contributed by atoms with Crippen LogP contribution >= 0.6 is 0 Å². The maximum atomic E-state index is 13.1. The lowest BCUT2D eigenvalue weighted by atomic mass is 10.1. The van der Waals surface area contributed by atoms with Crippen LogP contribution in [0.25, 0.3) is 16.5 Å². The van der Waals surface area contributed by atoms with Crippen molar-refractivity contribution in [1.29, 1.82) is 0 Å². The zero-order valence-electron chi connectivity index (χ0n) is 16.7. The van der Waals surface area contributed by atoms with Crippen molar-refractivity contribution in [1.82, 2.24) is 10.1 Å². The van der Waals surface area contributed by atoms with E-state index < -0.39 is 0 Å². The van der Waals surface area contributed by atoms with Gasteiger partial charge in [-0.2, -0.15) is 0 Å². The van der Waals surface area contributed by atoms with Gasteiger partial charge in [-0.25, -0.2) is 0 Å². The number of hydrogen-bond donors (Lipinski definition) is 1. The van der Waals surface area contributed by atoms with Crippen LogP contribution in [0.1, 0.15) is 17.0 Å². The molecule has 31 heavy (non-hydrogen) atoms. The van der Waals surface area contributed by atoms with Crippen molar-refractivity contribution in [2.75, 3.05) is 10.2 Å². The van der Waals surface area contributed by atoms with Gasteiger partial charge >= 0.3 is 0 Å². The first kappa shape index (κ1) is 18.7. The summed E-state index contributed by atoms with van der Waals surface area (Å²) >= 11 is 0. The molecule has 7 nitrogen and oxygen atoms in total. The predicted molar refractivity (Wildman–Crippen MR) is 117 cm³/mol. The van der Waals surface area contributed by atoms with Crippen molar-refractivity contribution in [3.05, 3.63) is 90.0 Å². The Balaban J connectivity index is 1.42. The molecular formula is C24H18N4O3. The van der Waals surface area contributed by atoms with Crippen LogP contribution in [0.3, 0.4) is 0 Å². The van der Waals surface area contributed by atoms with Gasteiger partial charge in [0.1, 0.15) is 0 Å². The molecule has 0 radical (unpaired) electrons. The number of aryl methyl sites for hydroxylation is 1. The second kappa shape index (κ2) is 7.53. The van der Waals surface area contributed by atoms with Gasteiger partial charge in [-0.05, 0) is 37.3 Å². The number of carbonyl (C=O) groups is 2. The zero-order chi connectivity index (χ0) is 21.4. The second-order valence-corrected chi connectivity index (χ2v) is 7.30. The van der Waals surface area contributed by atoms with Gasteiger partial charge in [0.2, 0.25) is 5.91 Å². The number of anilines is 2. The summed E-state index contributed by atoms with van der Waals surface area (Å²) in [4.78, 5) is 31.7. The molecule has 1 aliphatic heterocycles. The van der Waals surface area contributed by atoms with E-state index in [0.717, 1.165) is 22.3 Å². The number of pyridine rings is 1. The van der Waals surface area contributed by atoms with Gasteiger partial charge in [-0.15, -0.1) is 0 Å². The Morgan fingerprint density at radius 3 is 2.84 bits per heavy atom. The summed E-state index contributed by atoms with van der Waals surface area (Å²) < 4.78 is 5.27. The normalized spacial score (nSPS) is 14.3. The van der Waals surface area contributed by atoms with Crippen LogP contribution in [0, 0.1) is 6.92 Å². The zero-order valence-corrected chi connectivity index (χ0v) is 16.7. The monoisotopic (exact) mass is 410 g/mol. The smallest absolute Gasteiger partial charge is 0.259 e. The molecule has 0 aliphatic carbocycles. The van der Waals surface area contributed by atoms with Crippen molar-refractivity contribution < 1.29 is 14.1 Å². The summed E-state index contributed by atoms with van der Waals surface area (Å²) in [6.07, 6.45) is 3.07. The van der Waals surface area contributed by atoms with E-state index in [1.54, 1.807) is 23.2 Å². The molecule has 0 unspecified atom stereocenters. The van der Waals surface area contributed by atoms with Crippen LogP contribution < -0.4 is 10.2 Å². The molecule has 7 heteroatoms. The largest absolute Gasteiger partial charge is 0.359 e. The van der Waals surface area contributed by atoms with Crippen LogP contribution in [0.4, 0.5) is 11.4 Å². The molecule has 3 heterocycles. The molecule has 0 atom stereocenters. The highest BCUT2D eigenvalue weighted by Gasteiger charge is 2.33. The van der Waals surface area contributed by atoms with E-state index in [-0.39, 0.29) is 18.4 Å². The molecule has 0 fully saturated rings. The Morgan fingerprint density at radius 1 is 1.13 bits per heavy atom. The molecule has 1 N–H and O–H groups in total. The standard InChI is InChI=1S/C24H18N4O3/c1-15-11-18(31-27-15)14-28-22-7-3-2-6-19(22)20(24(28)30)13-23(29)26-17-8-9-21-16(12-17)5-4-10-25-21/h2-13H,14H2,1H3,(H,26,29)/b20-13+. The van der Waals surface area contributed by atoms with E-state index in [4.69, 9.17) is 4.52 Å². The molecule has 4 aromatic rings. The van der Waals surface area contributed by atoms with Gasteiger partial charge in [0.05, 0.1) is 29.0 Å². The van der Waals surface area contributed by atoms with Crippen LogP contribution in [0.15, 0.2) is 77.5 Å². The highest BCUT2D eigenvalue weighted by molar-refractivity contribution is 6.35. The number of rotatable bonds is 4. The van der Waals surface area contributed by atoms with E-state index in [1.807, 2.05) is 55.5 Å². The van der Waals surface area contributed by atoms with Crippen molar-refractivity contribution in [3.8, 4) is 0 Å². The SMILES string of the molecule is Cc1cc(CN2C(=O)/C(=C/C(=O)Nc3ccc4ncccc4c3)c3ccccc32)on1. The fourth-order valence-electron chi connectivity index (χ4n) is 3.71. The van der Waals surface area contributed by atoms with Crippen molar-refractivity contribution in [3.63, 3.8) is 0 Å². The van der Waals surface area contributed by atoms with Gasteiger partial charge in [0, 0.05) is 35.0 Å². The Hall–Kier alpha value is -4.26. The Kier molecular flexibility index (Phi) is 4.55.